The Morgan fingerprint density at radius 3 is 2.82 bits per heavy atom. The van der Waals surface area contributed by atoms with E-state index in [4.69, 9.17) is 5.11 Å². The van der Waals surface area contributed by atoms with Gasteiger partial charge in [0.05, 0.1) is 0 Å². The highest BCUT2D eigenvalue weighted by Crippen LogP contribution is 2.17. The van der Waals surface area contributed by atoms with Gasteiger partial charge >= 0.3 is 5.97 Å². The number of benzene rings is 1. The van der Waals surface area contributed by atoms with Crippen LogP contribution in [-0.2, 0) is 11.3 Å². The van der Waals surface area contributed by atoms with E-state index in [9.17, 15) is 4.79 Å². The monoisotopic (exact) mass is 304 g/mol. The first-order valence-electron chi connectivity index (χ1n) is 8.33. The van der Waals surface area contributed by atoms with Gasteiger partial charge in [-0.25, -0.2) is 0 Å². The molecule has 0 bridgehead atoms. The zero-order valence-corrected chi connectivity index (χ0v) is 13.6. The summed E-state index contributed by atoms with van der Waals surface area (Å²) in [5.74, 6) is -0.686. The van der Waals surface area contributed by atoms with E-state index >= 15 is 0 Å². The average Bonchev–Trinajstić information content (AvgIpc) is 2.52. The molecule has 1 saturated heterocycles. The second kappa shape index (κ2) is 8.91. The number of rotatable bonds is 8. The quantitative estimate of drug-likeness (QED) is 0.750. The highest BCUT2D eigenvalue weighted by atomic mass is 16.4. The van der Waals surface area contributed by atoms with Gasteiger partial charge in [-0.2, -0.15) is 0 Å². The Morgan fingerprint density at radius 2 is 2.09 bits per heavy atom. The van der Waals surface area contributed by atoms with Crippen LogP contribution in [0.1, 0.15) is 37.7 Å². The fraction of sp³-hybridized carbons (Fsp3) is 0.611. The molecule has 122 valence electrons. The van der Waals surface area contributed by atoms with Crippen molar-refractivity contribution >= 4 is 5.97 Å². The van der Waals surface area contributed by atoms with Crippen molar-refractivity contribution in [2.75, 3.05) is 26.7 Å². The summed E-state index contributed by atoms with van der Waals surface area (Å²) in [6.07, 6.45) is 4.54. The summed E-state index contributed by atoms with van der Waals surface area (Å²) in [5, 5.41) is 8.68. The molecule has 1 unspecified atom stereocenters. The van der Waals surface area contributed by atoms with Crippen LogP contribution in [0.3, 0.4) is 0 Å². The standard InChI is InChI=1S/C18H28N2O2/c1-19(12-6-5-11-18(21)22)17-10-7-13-20(15-17)14-16-8-3-2-4-9-16/h2-4,8-9,17H,5-7,10-15H2,1H3,(H,21,22). The van der Waals surface area contributed by atoms with Crippen LogP contribution in [0.25, 0.3) is 0 Å². The number of aliphatic carboxylic acids is 1. The molecule has 1 heterocycles. The van der Waals surface area contributed by atoms with Crippen LogP contribution < -0.4 is 0 Å². The van der Waals surface area contributed by atoms with Crippen molar-refractivity contribution in [1.29, 1.82) is 0 Å². The number of likely N-dealkylation sites (N-methyl/N-ethyl adjacent to an activating group) is 1. The van der Waals surface area contributed by atoms with Crippen molar-refractivity contribution in [3.63, 3.8) is 0 Å². The third kappa shape index (κ3) is 5.78. The molecule has 0 aliphatic carbocycles. The minimum Gasteiger partial charge on any atom is -0.481 e. The molecule has 1 aromatic rings. The molecule has 1 aromatic carbocycles. The maximum absolute atomic E-state index is 10.5. The molecule has 1 aliphatic rings. The molecule has 4 nitrogen and oxygen atoms in total. The summed E-state index contributed by atoms with van der Waals surface area (Å²) in [7, 11) is 2.18. The lowest BCUT2D eigenvalue weighted by atomic mass is 10.0. The van der Waals surface area contributed by atoms with E-state index in [2.05, 4.69) is 47.2 Å². The van der Waals surface area contributed by atoms with Gasteiger partial charge in [-0.1, -0.05) is 30.3 Å². The lowest BCUT2D eigenvalue weighted by Crippen LogP contribution is -2.46. The highest BCUT2D eigenvalue weighted by molar-refractivity contribution is 5.66. The van der Waals surface area contributed by atoms with Crippen molar-refractivity contribution in [3.05, 3.63) is 35.9 Å². The first-order chi connectivity index (χ1) is 10.6. The Kier molecular flexibility index (Phi) is 6.87. The minimum atomic E-state index is -0.686. The first kappa shape index (κ1) is 17.0. The molecule has 0 radical (unpaired) electrons. The molecule has 22 heavy (non-hydrogen) atoms. The summed E-state index contributed by atoms with van der Waals surface area (Å²) in [6.45, 7) is 4.32. The van der Waals surface area contributed by atoms with Gasteiger partial charge in [0.1, 0.15) is 0 Å². The minimum absolute atomic E-state index is 0.290. The number of likely N-dealkylation sites (tertiary alicyclic amines) is 1. The van der Waals surface area contributed by atoms with Crippen molar-refractivity contribution in [3.8, 4) is 0 Å². The second-order valence-corrected chi connectivity index (χ2v) is 6.35. The first-order valence-corrected chi connectivity index (χ1v) is 8.33. The number of carbonyl (C=O) groups is 1. The molecule has 1 fully saturated rings. The molecule has 4 heteroatoms. The SMILES string of the molecule is CN(CCCCC(=O)O)C1CCCN(Cc2ccccc2)C1. The van der Waals surface area contributed by atoms with Crippen LogP contribution in [0.15, 0.2) is 30.3 Å². The number of hydrogen-bond donors (Lipinski definition) is 1. The van der Waals surface area contributed by atoms with Crippen molar-refractivity contribution < 1.29 is 9.90 Å². The summed E-state index contributed by atoms with van der Waals surface area (Å²) < 4.78 is 0. The Bertz CT molecular complexity index is 450. The molecule has 0 aromatic heterocycles. The van der Waals surface area contributed by atoms with E-state index in [0.717, 1.165) is 32.5 Å². The fourth-order valence-electron chi connectivity index (χ4n) is 3.20. The largest absolute Gasteiger partial charge is 0.481 e. The number of nitrogens with zero attached hydrogens (tertiary/aromatic N) is 2. The number of piperidine rings is 1. The normalized spacial score (nSPS) is 19.5. The van der Waals surface area contributed by atoms with Gasteiger partial charge in [0.25, 0.3) is 0 Å². The van der Waals surface area contributed by atoms with Gasteiger partial charge in [0.15, 0.2) is 0 Å². The smallest absolute Gasteiger partial charge is 0.303 e. The molecule has 1 atom stereocenters. The van der Waals surface area contributed by atoms with Crippen LogP contribution in [0, 0.1) is 0 Å². The number of hydrogen-bond acceptors (Lipinski definition) is 3. The van der Waals surface area contributed by atoms with Gasteiger partial charge in [-0.05, 0) is 51.4 Å². The topological polar surface area (TPSA) is 43.8 Å². The molecular formula is C18H28N2O2. The van der Waals surface area contributed by atoms with Crippen LogP contribution in [0.5, 0.6) is 0 Å². The van der Waals surface area contributed by atoms with E-state index in [1.54, 1.807) is 0 Å². The Hall–Kier alpha value is -1.39. The van der Waals surface area contributed by atoms with Crippen molar-refractivity contribution in [1.82, 2.24) is 9.80 Å². The average molecular weight is 304 g/mol. The molecule has 2 rings (SSSR count). The summed E-state index contributed by atoms with van der Waals surface area (Å²) in [6, 6.07) is 11.3. The third-order valence-corrected chi connectivity index (χ3v) is 4.50. The van der Waals surface area contributed by atoms with Crippen molar-refractivity contribution in [2.24, 2.45) is 0 Å². The zero-order chi connectivity index (χ0) is 15.8. The molecular weight excluding hydrogens is 276 g/mol. The Labute approximate surface area is 133 Å². The number of unbranched alkanes of at least 4 members (excludes halogenated alkanes) is 1. The van der Waals surface area contributed by atoms with Gasteiger partial charge in [-0.3, -0.25) is 9.69 Å². The Balaban J connectivity index is 1.73. The molecule has 0 spiro atoms. The second-order valence-electron chi connectivity index (χ2n) is 6.35. The molecule has 1 N–H and O–H groups in total. The third-order valence-electron chi connectivity index (χ3n) is 4.50. The van der Waals surface area contributed by atoms with Crippen molar-refractivity contribution in [2.45, 2.75) is 44.7 Å². The van der Waals surface area contributed by atoms with E-state index in [-0.39, 0.29) is 0 Å². The summed E-state index contributed by atoms with van der Waals surface area (Å²) >= 11 is 0. The molecule has 1 aliphatic heterocycles. The van der Waals surface area contributed by atoms with Crippen LogP contribution >= 0.6 is 0 Å². The van der Waals surface area contributed by atoms with Gasteiger partial charge in [0.2, 0.25) is 0 Å². The maximum atomic E-state index is 10.5. The van der Waals surface area contributed by atoms with E-state index in [1.807, 2.05) is 0 Å². The predicted octanol–water partition coefficient (Wildman–Crippen LogP) is 2.84. The predicted molar refractivity (Wildman–Crippen MR) is 88.9 cm³/mol. The molecule has 0 amide bonds. The number of carboxylic acid groups (broad SMARTS) is 1. The fourth-order valence-corrected chi connectivity index (χ4v) is 3.20. The highest BCUT2D eigenvalue weighted by Gasteiger charge is 2.22. The Morgan fingerprint density at radius 1 is 1.32 bits per heavy atom. The van der Waals surface area contributed by atoms with E-state index in [1.165, 1.54) is 24.9 Å². The van der Waals surface area contributed by atoms with Crippen LogP contribution in [0.2, 0.25) is 0 Å². The summed E-state index contributed by atoms with van der Waals surface area (Å²) in [4.78, 5) is 15.5. The van der Waals surface area contributed by atoms with Crippen LogP contribution in [-0.4, -0.2) is 53.6 Å². The van der Waals surface area contributed by atoms with Gasteiger partial charge in [-0.15, -0.1) is 0 Å². The van der Waals surface area contributed by atoms with Gasteiger partial charge < -0.3 is 10.0 Å². The molecule has 0 saturated carbocycles. The summed E-state index contributed by atoms with van der Waals surface area (Å²) in [5.41, 5.74) is 1.38. The van der Waals surface area contributed by atoms with E-state index in [0.29, 0.717) is 12.5 Å². The lowest BCUT2D eigenvalue weighted by molar-refractivity contribution is -0.137. The van der Waals surface area contributed by atoms with Gasteiger partial charge in [0, 0.05) is 25.6 Å². The lowest BCUT2D eigenvalue weighted by Gasteiger charge is -2.37. The number of carboxylic acids is 1. The maximum Gasteiger partial charge on any atom is 0.303 e. The zero-order valence-electron chi connectivity index (χ0n) is 13.6. The van der Waals surface area contributed by atoms with E-state index < -0.39 is 5.97 Å². The van der Waals surface area contributed by atoms with Crippen LogP contribution in [0.4, 0.5) is 0 Å².